The summed E-state index contributed by atoms with van der Waals surface area (Å²) in [6, 6.07) is 0.934. The van der Waals surface area contributed by atoms with Crippen molar-refractivity contribution in [2.45, 2.75) is 31.2 Å². The molecule has 1 saturated heterocycles. The quantitative estimate of drug-likeness (QED) is 0.878. The number of amides is 1. The molecule has 7 heteroatoms. The summed E-state index contributed by atoms with van der Waals surface area (Å²) in [6.07, 6.45) is 3.39. The summed E-state index contributed by atoms with van der Waals surface area (Å²) in [5, 5.41) is 9.19. The minimum absolute atomic E-state index is 0.0549. The fourth-order valence-corrected chi connectivity index (χ4v) is 3.98. The van der Waals surface area contributed by atoms with Crippen molar-refractivity contribution in [3.8, 4) is 0 Å². The number of rotatable bonds is 4. The van der Waals surface area contributed by atoms with Gasteiger partial charge in [-0.25, -0.2) is 4.79 Å². The molecule has 1 aromatic heterocycles. The van der Waals surface area contributed by atoms with E-state index < -0.39 is 12.0 Å². The minimum Gasteiger partial charge on any atom is -0.480 e. The predicted molar refractivity (Wildman–Crippen MR) is 77.2 cm³/mol. The minimum atomic E-state index is -0.940. The molecule has 0 saturated carbocycles. The third kappa shape index (κ3) is 2.97. The predicted octanol–water partition coefficient (Wildman–Crippen LogP) is 2.55. The first-order chi connectivity index (χ1) is 9.04. The average molecular weight is 347 g/mol. The van der Waals surface area contributed by atoms with Crippen LogP contribution in [0.2, 0.25) is 0 Å². The van der Waals surface area contributed by atoms with Gasteiger partial charge in [0, 0.05) is 16.4 Å². The number of carbonyl (C=O) groups is 2. The van der Waals surface area contributed by atoms with Gasteiger partial charge >= 0.3 is 5.97 Å². The monoisotopic (exact) mass is 346 g/mol. The van der Waals surface area contributed by atoms with Crippen LogP contribution in [0.4, 0.5) is 0 Å². The van der Waals surface area contributed by atoms with Crippen molar-refractivity contribution < 1.29 is 14.7 Å². The molecule has 0 aromatic carbocycles. The molecular weight excluding hydrogens is 332 g/mol. The van der Waals surface area contributed by atoms with E-state index in [0.29, 0.717) is 11.4 Å². The van der Waals surface area contributed by atoms with Crippen molar-refractivity contribution in [3.05, 3.63) is 22.4 Å². The van der Waals surface area contributed by atoms with E-state index >= 15 is 0 Å². The maximum absolute atomic E-state index is 12.5. The number of carbonyl (C=O) groups excluding carboxylic acids is 1. The molecule has 2 N–H and O–H groups in total. The Labute approximate surface area is 123 Å². The van der Waals surface area contributed by atoms with Gasteiger partial charge in [0.2, 0.25) is 0 Å². The molecule has 1 aliphatic rings. The first-order valence-corrected chi connectivity index (χ1v) is 7.89. The molecule has 0 radical (unpaired) electrons. The third-order valence-electron chi connectivity index (χ3n) is 3.03. The van der Waals surface area contributed by atoms with Gasteiger partial charge in [-0.1, -0.05) is 13.3 Å². The number of nitrogens with one attached hydrogen (secondary N) is 1. The highest BCUT2D eigenvalue weighted by Crippen LogP contribution is 2.33. The Balaban J connectivity index is 2.25. The molecule has 1 fully saturated rings. The van der Waals surface area contributed by atoms with Crippen molar-refractivity contribution in [1.29, 1.82) is 0 Å². The van der Waals surface area contributed by atoms with Crippen LogP contribution >= 0.6 is 27.7 Å². The molecule has 2 atom stereocenters. The van der Waals surface area contributed by atoms with Gasteiger partial charge in [0.15, 0.2) is 0 Å². The lowest BCUT2D eigenvalue weighted by atomic mass is 10.2. The van der Waals surface area contributed by atoms with Crippen molar-refractivity contribution in [3.63, 3.8) is 0 Å². The number of halogens is 1. The highest BCUT2D eigenvalue weighted by molar-refractivity contribution is 9.10. The molecule has 2 rings (SSSR count). The first kappa shape index (κ1) is 14.5. The molecule has 0 spiro atoms. The Morgan fingerprint density at radius 3 is 2.89 bits per heavy atom. The smallest absolute Gasteiger partial charge is 0.327 e. The lowest BCUT2D eigenvalue weighted by molar-refractivity contribution is -0.141. The van der Waals surface area contributed by atoms with E-state index in [1.54, 1.807) is 12.3 Å². The lowest BCUT2D eigenvalue weighted by Crippen LogP contribution is -2.45. The standard InChI is InChI=1S/C12H15BrN2O3S/c1-2-3-10-15(9(6-19-10)12(17)18)11(16)8-4-7(13)5-14-8/h4-5,9-10,14H,2-3,6H2,1H3,(H,17,18). The van der Waals surface area contributed by atoms with Gasteiger partial charge in [-0.2, -0.15) is 0 Å². The highest BCUT2D eigenvalue weighted by Gasteiger charge is 2.41. The molecule has 2 heterocycles. The number of aromatic nitrogens is 1. The van der Waals surface area contributed by atoms with Crippen molar-refractivity contribution in [2.75, 3.05) is 5.75 Å². The first-order valence-electron chi connectivity index (χ1n) is 6.05. The summed E-state index contributed by atoms with van der Waals surface area (Å²) in [6.45, 7) is 2.03. The second kappa shape index (κ2) is 6.00. The number of aromatic amines is 1. The van der Waals surface area contributed by atoms with E-state index in [-0.39, 0.29) is 11.3 Å². The fraction of sp³-hybridized carbons (Fsp3) is 0.500. The molecule has 1 aliphatic heterocycles. The van der Waals surface area contributed by atoms with Crippen LogP contribution in [0.1, 0.15) is 30.3 Å². The van der Waals surface area contributed by atoms with Gasteiger partial charge in [-0.3, -0.25) is 4.79 Å². The van der Waals surface area contributed by atoms with Crippen LogP contribution in [0, 0.1) is 0 Å². The highest BCUT2D eigenvalue weighted by atomic mass is 79.9. The van der Waals surface area contributed by atoms with Gasteiger partial charge in [0.05, 0.1) is 5.37 Å². The van der Waals surface area contributed by atoms with Gasteiger partial charge in [0.25, 0.3) is 5.91 Å². The number of carboxylic acid groups (broad SMARTS) is 1. The van der Waals surface area contributed by atoms with E-state index in [1.165, 1.54) is 16.7 Å². The summed E-state index contributed by atoms with van der Waals surface area (Å²) in [5.41, 5.74) is 0.418. The van der Waals surface area contributed by atoms with Crippen LogP contribution in [0.3, 0.4) is 0 Å². The number of carboxylic acids is 1. The van der Waals surface area contributed by atoms with E-state index in [0.717, 1.165) is 17.3 Å². The van der Waals surface area contributed by atoms with Gasteiger partial charge < -0.3 is 15.0 Å². The zero-order chi connectivity index (χ0) is 14.0. The second-order valence-electron chi connectivity index (χ2n) is 4.37. The SMILES string of the molecule is CCCC1SCC(C(=O)O)N1C(=O)c1cc(Br)c[nH]1. The molecule has 5 nitrogen and oxygen atoms in total. The van der Waals surface area contributed by atoms with Crippen LogP contribution in [0.5, 0.6) is 0 Å². The normalized spacial score (nSPS) is 22.7. The number of aliphatic carboxylic acids is 1. The molecular formula is C12H15BrN2O3S. The Hall–Kier alpha value is -0.950. The summed E-state index contributed by atoms with van der Waals surface area (Å²) in [7, 11) is 0. The van der Waals surface area contributed by atoms with Gasteiger partial charge in [0.1, 0.15) is 11.7 Å². The van der Waals surface area contributed by atoms with Crippen LogP contribution in [-0.2, 0) is 4.79 Å². The number of H-pyrrole nitrogens is 1. The Kier molecular flexibility index (Phi) is 4.57. The van der Waals surface area contributed by atoms with Crippen LogP contribution in [-0.4, -0.2) is 44.0 Å². The third-order valence-corrected chi connectivity index (χ3v) is 4.84. The number of hydrogen-bond acceptors (Lipinski definition) is 3. The van der Waals surface area contributed by atoms with E-state index in [9.17, 15) is 14.7 Å². The maximum atomic E-state index is 12.5. The lowest BCUT2D eigenvalue weighted by Gasteiger charge is -2.26. The van der Waals surface area contributed by atoms with Crippen LogP contribution in [0.25, 0.3) is 0 Å². The maximum Gasteiger partial charge on any atom is 0.327 e. The second-order valence-corrected chi connectivity index (χ2v) is 6.50. The molecule has 1 aromatic rings. The Bertz CT molecular complexity index is 491. The van der Waals surface area contributed by atoms with Gasteiger partial charge in [-0.05, 0) is 28.4 Å². The van der Waals surface area contributed by atoms with Gasteiger partial charge in [-0.15, -0.1) is 11.8 Å². The Morgan fingerprint density at radius 1 is 1.63 bits per heavy atom. The Morgan fingerprint density at radius 2 is 2.37 bits per heavy atom. The average Bonchev–Trinajstić information content (AvgIpc) is 2.95. The van der Waals surface area contributed by atoms with E-state index in [2.05, 4.69) is 20.9 Å². The molecule has 1 amide bonds. The largest absolute Gasteiger partial charge is 0.480 e. The summed E-state index contributed by atoms with van der Waals surface area (Å²) < 4.78 is 0.779. The molecule has 19 heavy (non-hydrogen) atoms. The topological polar surface area (TPSA) is 73.4 Å². The fourth-order valence-electron chi connectivity index (χ4n) is 2.13. The zero-order valence-electron chi connectivity index (χ0n) is 10.4. The summed E-state index contributed by atoms with van der Waals surface area (Å²) in [4.78, 5) is 28.1. The molecule has 0 bridgehead atoms. The van der Waals surface area contributed by atoms with Crippen LogP contribution in [0.15, 0.2) is 16.7 Å². The number of hydrogen-bond donors (Lipinski definition) is 2. The van der Waals surface area contributed by atoms with E-state index in [1.807, 2.05) is 6.92 Å². The van der Waals surface area contributed by atoms with Crippen molar-refractivity contribution >= 4 is 39.6 Å². The summed E-state index contributed by atoms with van der Waals surface area (Å²) >= 11 is 4.82. The van der Waals surface area contributed by atoms with E-state index in [4.69, 9.17) is 0 Å². The van der Waals surface area contributed by atoms with Crippen molar-refractivity contribution in [2.24, 2.45) is 0 Å². The molecule has 104 valence electrons. The van der Waals surface area contributed by atoms with Crippen molar-refractivity contribution in [1.82, 2.24) is 9.88 Å². The molecule has 0 aliphatic carbocycles. The van der Waals surface area contributed by atoms with Crippen LogP contribution < -0.4 is 0 Å². The number of thioether (sulfide) groups is 1. The summed E-state index contributed by atoms with van der Waals surface area (Å²) in [5.74, 6) is -0.736. The zero-order valence-corrected chi connectivity index (χ0v) is 12.8. The molecule has 2 unspecified atom stereocenters. The number of nitrogens with zero attached hydrogens (tertiary/aromatic N) is 1.